The molecule has 142 valence electrons. The van der Waals surface area contributed by atoms with Crippen molar-refractivity contribution in [1.29, 1.82) is 0 Å². The summed E-state index contributed by atoms with van der Waals surface area (Å²) in [5.41, 5.74) is -5.02. The molecule has 0 amide bonds. The van der Waals surface area contributed by atoms with E-state index in [-0.39, 0.29) is 15.5 Å². The Morgan fingerprint density at radius 3 is 2.16 bits per heavy atom. The number of sulfone groups is 1. The summed E-state index contributed by atoms with van der Waals surface area (Å²) in [5.74, 6) is -1.82. The second kappa shape index (κ2) is 6.77. The van der Waals surface area contributed by atoms with Crippen LogP contribution in [0.25, 0.3) is 0 Å². The molecule has 0 aromatic heterocycles. The molecule has 0 saturated heterocycles. The summed E-state index contributed by atoms with van der Waals surface area (Å²) in [7, 11) is -3.82. The molecule has 0 fully saturated rings. The summed E-state index contributed by atoms with van der Waals surface area (Å²) < 4.78 is 63.7. The molecule has 5 nitrogen and oxygen atoms in total. The fourth-order valence-corrected chi connectivity index (χ4v) is 4.02. The summed E-state index contributed by atoms with van der Waals surface area (Å²) in [4.78, 5) is 10.5. The van der Waals surface area contributed by atoms with Gasteiger partial charge >= 0.3 is 12.1 Å². The van der Waals surface area contributed by atoms with Crippen molar-refractivity contribution in [1.82, 2.24) is 0 Å². The lowest BCUT2D eigenvalue weighted by atomic mass is 9.74. The lowest BCUT2D eigenvalue weighted by Gasteiger charge is -2.37. The van der Waals surface area contributed by atoms with E-state index in [0.717, 1.165) is 12.3 Å². The van der Waals surface area contributed by atoms with Crippen molar-refractivity contribution in [2.24, 2.45) is 0 Å². The molecule has 0 aliphatic heterocycles. The standard InChI is InChI=1S/C15H18ClF3O5S/c1-13(2,8-14(22,7-12(20)21)15(17,18)19)10-5-4-9(16)6-11(10)25(3,23)24/h4-6,22H,7-8H2,1-3H3,(H,20,21). The van der Waals surface area contributed by atoms with Crippen LogP contribution in [0.3, 0.4) is 0 Å². The van der Waals surface area contributed by atoms with E-state index in [1.165, 1.54) is 26.0 Å². The molecule has 1 unspecified atom stereocenters. The Balaban J connectivity index is 3.49. The monoisotopic (exact) mass is 402 g/mol. The van der Waals surface area contributed by atoms with Crippen LogP contribution >= 0.6 is 11.6 Å². The van der Waals surface area contributed by atoms with Gasteiger partial charge in [0.15, 0.2) is 15.4 Å². The van der Waals surface area contributed by atoms with Crippen LogP contribution in [0, 0.1) is 0 Å². The van der Waals surface area contributed by atoms with Gasteiger partial charge < -0.3 is 10.2 Å². The van der Waals surface area contributed by atoms with E-state index in [2.05, 4.69) is 0 Å². The van der Waals surface area contributed by atoms with Crippen molar-refractivity contribution in [3.8, 4) is 0 Å². The van der Waals surface area contributed by atoms with E-state index in [0.29, 0.717) is 0 Å². The van der Waals surface area contributed by atoms with Crippen LogP contribution in [0.1, 0.15) is 32.3 Å². The molecular formula is C15H18ClF3O5S. The van der Waals surface area contributed by atoms with Crippen molar-refractivity contribution in [3.63, 3.8) is 0 Å². The molecule has 10 heteroatoms. The first-order valence-corrected chi connectivity index (χ1v) is 9.27. The van der Waals surface area contributed by atoms with Gasteiger partial charge in [0.25, 0.3) is 0 Å². The largest absolute Gasteiger partial charge is 0.481 e. The van der Waals surface area contributed by atoms with E-state index in [9.17, 15) is 31.5 Å². The van der Waals surface area contributed by atoms with E-state index in [1.807, 2.05) is 0 Å². The summed E-state index contributed by atoms with van der Waals surface area (Å²) in [6.45, 7) is 2.59. The van der Waals surface area contributed by atoms with Crippen LogP contribution in [0.2, 0.25) is 5.02 Å². The second-order valence-electron chi connectivity index (χ2n) is 6.57. The average Bonchev–Trinajstić information content (AvgIpc) is 2.33. The van der Waals surface area contributed by atoms with Crippen LogP contribution in [-0.4, -0.2) is 42.6 Å². The highest BCUT2D eigenvalue weighted by atomic mass is 35.5. The van der Waals surface area contributed by atoms with Crippen molar-refractivity contribution < 1.29 is 36.6 Å². The lowest BCUT2D eigenvalue weighted by molar-refractivity contribution is -0.269. The number of benzene rings is 1. The second-order valence-corrected chi connectivity index (χ2v) is 8.99. The number of rotatable bonds is 6. The molecule has 1 aromatic rings. The topological polar surface area (TPSA) is 91.7 Å². The molecule has 0 spiro atoms. The summed E-state index contributed by atoms with van der Waals surface area (Å²) >= 11 is 5.78. The van der Waals surface area contributed by atoms with E-state index >= 15 is 0 Å². The molecule has 0 heterocycles. The minimum absolute atomic E-state index is 0.00691. The highest BCUT2D eigenvalue weighted by molar-refractivity contribution is 7.90. The van der Waals surface area contributed by atoms with Crippen molar-refractivity contribution in [2.45, 2.75) is 48.8 Å². The minimum Gasteiger partial charge on any atom is -0.481 e. The van der Waals surface area contributed by atoms with E-state index in [4.69, 9.17) is 16.7 Å². The molecule has 0 radical (unpaired) electrons. The molecule has 2 N–H and O–H groups in total. The normalized spacial score (nSPS) is 15.7. The molecule has 0 saturated carbocycles. The molecule has 0 aliphatic rings. The van der Waals surface area contributed by atoms with Gasteiger partial charge in [-0.05, 0) is 29.5 Å². The smallest absolute Gasteiger partial charge is 0.417 e. The van der Waals surface area contributed by atoms with Gasteiger partial charge in [-0.15, -0.1) is 0 Å². The number of aliphatic hydroxyl groups is 1. The third-order valence-electron chi connectivity index (χ3n) is 3.78. The van der Waals surface area contributed by atoms with Crippen LogP contribution < -0.4 is 0 Å². The molecule has 0 bridgehead atoms. The first kappa shape index (κ1) is 21.7. The van der Waals surface area contributed by atoms with Crippen LogP contribution in [0.15, 0.2) is 23.1 Å². The number of alkyl halides is 3. The zero-order chi connectivity index (χ0) is 19.8. The Labute approximate surface area is 148 Å². The highest BCUT2D eigenvalue weighted by Gasteiger charge is 2.57. The lowest BCUT2D eigenvalue weighted by Crippen LogP contribution is -2.50. The zero-order valence-electron chi connectivity index (χ0n) is 13.7. The highest BCUT2D eigenvalue weighted by Crippen LogP contribution is 2.44. The Morgan fingerprint density at radius 2 is 1.76 bits per heavy atom. The molecule has 25 heavy (non-hydrogen) atoms. The molecule has 0 aliphatic carbocycles. The Hall–Kier alpha value is -1.32. The number of aliphatic carboxylic acids is 1. The van der Waals surface area contributed by atoms with Gasteiger partial charge in [-0.3, -0.25) is 4.79 Å². The number of hydrogen-bond acceptors (Lipinski definition) is 4. The van der Waals surface area contributed by atoms with Gasteiger partial charge in [0.05, 0.1) is 11.3 Å². The fourth-order valence-electron chi connectivity index (χ4n) is 2.70. The van der Waals surface area contributed by atoms with Gasteiger partial charge in [-0.2, -0.15) is 13.2 Å². The summed E-state index contributed by atoms with van der Waals surface area (Å²) in [6, 6.07) is 3.69. The number of halogens is 4. The zero-order valence-corrected chi connectivity index (χ0v) is 15.3. The molecule has 1 rings (SSSR count). The Morgan fingerprint density at radius 1 is 1.24 bits per heavy atom. The van der Waals surface area contributed by atoms with Gasteiger partial charge in [0, 0.05) is 11.3 Å². The number of carboxylic acid groups (broad SMARTS) is 1. The summed E-state index contributed by atoms with van der Waals surface area (Å²) in [5, 5.41) is 18.8. The Kier molecular flexibility index (Phi) is 5.88. The van der Waals surface area contributed by atoms with Crippen molar-refractivity contribution in [3.05, 3.63) is 28.8 Å². The van der Waals surface area contributed by atoms with Gasteiger partial charge in [0.2, 0.25) is 0 Å². The maximum atomic E-state index is 13.3. The quantitative estimate of drug-likeness (QED) is 0.762. The van der Waals surface area contributed by atoms with Crippen molar-refractivity contribution >= 4 is 27.4 Å². The number of hydrogen-bond donors (Lipinski definition) is 2. The van der Waals surface area contributed by atoms with Gasteiger partial charge in [-0.1, -0.05) is 31.5 Å². The van der Waals surface area contributed by atoms with E-state index in [1.54, 1.807) is 0 Å². The number of carboxylic acids is 1. The van der Waals surface area contributed by atoms with Crippen LogP contribution in [0.5, 0.6) is 0 Å². The van der Waals surface area contributed by atoms with Crippen LogP contribution in [0.4, 0.5) is 13.2 Å². The molecule has 1 atom stereocenters. The maximum Gasteiger partial charge on any atom is 0.417 e. The fraction of sp³-hybridized carbons (Fsp3) is 0.533. The predicted octanol–water partition coefficient (Wildman–Crippen LogP) is 3.18. The molecular weight excluding hydrogens is 385 g/mol. The van der Waals surface area contributed by atoms with Crippen molar-refractivity contribution in [2.75, 3.05) is 6.26 Å². The Bertz CT molecular complexity index is 774. The number of carbonyl (C=O) groups is 1. The third kappa shape index (κ3) is 5.08. The first-order valence-electron chi connectivity index (χ1n) is 7.01. The molecule has 1 aromatic carbocycles. The van der Waals surface area contributed by atoms with Gasteiger partial charge in [0.1, 0.15) is 0 Å². The third-order valence-corrected chi connectivity index (χ3v) is 5.15. The van der Waals surface area contributed by atoms with E-state index < -0.39 is 45.8 Å². The predicted molar refractivity (Wildman–Crippen MR) is 85.5 cm³/mol. The average molecular weight is 403 g/mol. The summed E-state index contributed by atoms with van der Waals surface area (Å²) in [6.07, 6.45) is -6.92. The minimum atomic E-state index is -5.21. The maximum absolute atomic E-state index is 13.3. The van der Waals surface area contributed by atoms with Crippen LogP contribution in [-0.2, 0) is 20.0 Å². The first-order chi connectivity index (χ1) is 11.0. The SMILES string of the molecule is CC(C)(CC(O)(CC(=O)O)C(F)(F)F)c1ccc(Cl)cc1S(C)(=O)=O. The van der Waals surface area contributed by atoms with Gasteiger partial charge in [-0.25, -0.2) is 8.42 Å².